The number of halogens is 2. The molecule has 51 heavy (non-hydrogen) atoms. The van der Waals surface area contributed by atoms with Gasteiger partial charge in [-0.1, -0.05) is 0 Å². The number of allylic oxidation sites excluding steroid dienone is 2. The molecule has 0 radical (unpaired) electrons. The van der Waals surface area contributed by atoms with Crippen molar-refractivity contribution in [3.8, 4) is 22.3 Å². The summed E-state index contributed by atoms with van der Waals surface area (Å²) in [7, 11) is 17.7. The summed E-state index contributed by atoms with van der Waals surface area (Å²) in [5.74, 6) is 0. The number of benzene rings is 4. The second-order valence-corrected chi connectivity index (χ2v) is 39.0. The number of fused-ring (bicyclic) bond motifs is 2. The van der Waals surface area contributed by atoms with E-state index >= 15 is 0 Å². The Labute approximate surface area is 318 Å². The Hall–Kier alpha value is -2.18. The van der Waals surface area contributed by atoms with Crippen LogP contribution in [0.1, 0.15) is 133 Å². The molecule has 0 amide bonds. The van der Waals surface area contributed by atoms with Crippen molar-refractivity contribution < 1.29 is 16.4 Å². The molecule has 0 fully saturated rings. The summed E-state index contributed by atoms with van der Waals surface area (Å²) in [6.07, 6.45) is 11.8. The first-order valence-corrected chi connectivity index (χ1v) is 30.5. The van der Waals surface area contributed by atoms with Crippen LogP contribution in [-0.4, -0.2) is 0 Å². The van der Waals surface area contributed by atoms with Gasteiger partial charge in [0.2, 0.25) is 0 Å². The molecule has 0 saturated heterocycles. The Kier molecular flexibility index (Phi) is 11.0. The van der Waals surface area contributed by atoms with Gasteiger partial charge in [-0.25, -0.2) is 0 Å². The summed E-state index contributed by atoms with van der Waals surface area (Å²) < 4.78 is 0.967. The van der Waals surface area contributed by atoms with E-state index in [0.29, 0.717) is 0 Å². The number of aryl methyl sites for hydroxylation is 4. The van der Waals surface area contributed by atoms with Gasteiger partial charge in [0, 0.05) is 0 Å². The predicted molar refractivity (Wildman–Crippen MR) is 224 cm³/mol. The molecule has 4 aromatic carbocycles. The van der Waals surface area contributed by atoms with Crippen LogP contribution in [0.25, 0.3) is 34.4 Å². The molecule has 0 N–H and O–H groups in total. The second kappa shape index (κ2) is 14.6. The normalized spacial score (nSPS) is 17.5. The second-order valence-electron chi connectivity index (χ2n) is 16.1. The summed E-state index contributed by atoms with van der Waals surface area (Å²) in [6, 6.07) is 18.4. The summed E-state index contributed by atoms with van der Waals surface area (Å²) >= 11 is -5.02. The minimum atomic E-state index is -5.02. The monoisotopic (exact) mass is 795 g/mol. The van der Waals surface area contributed by atoms with Crippen LogP contribution in [0.5, 0.6) is 0 Å². The molecular formula is C48H59Cl2Zr. The first-order chi connectivity index (χ1) is 24.2. The van der Waals surface area contributed by atoms with Crippen molar-refractivity contribution in [1.82, 2.24) is 0 Å². The van der Waals surface area contributed by atoms with Gasteiger partial charge in [-0.05, 0) is 0 Å². The molecular weight excluding hydrogens is 739 g/mol. The third-order valence-corrected chi connectivity index (χ3v) is 33.8. The molecule has 0 heterocycles. The van der Waals surface area contributed by atoms with Crippen LogP contribution in [0.15, 0.2) is 59.7 Å². The zero-order valence-electron chi connectivity index (χ0n) is 33.1. The Morgan fingerprint density at radius 3 is 1.25 bits per heavy atom. The van der Waals surface area contributed by atoms with Crippen molar-refractivity contribution in [1.29, 1.82) is 0 Å². The Morgan fingerprint density at radius 2 is 0.902 bits per heavy atom. The van der Waals surface area contributed by atoms with Crippen LogP contribution in [0.2, 0.25) is 4.13 Å². The van der Waals surface area contributed by atoms with Gasteiger partial charge in [-0.2, -0.15) is 0 Å². The first kappa shape index (κ1) is 38.5. The van der Waals surface area contributed by atoms with Crippen LogP contribution in [0, 0.1) is 55.4 Å². The van der Waals surface area contributed by atoms with Gasteiger partial charge < -0.3 is 0 Å². The molecule has 0 saturated carbocycles. The van der Waals surface area contributed by atoms with Crippen molar-refractivity contribution >= 4 is 29.2 Å². The van der Waals surface area contributed by atoms with Crippen LogP contribution < -0.4 is 0 Å². The van der Waals surface area contributed by atoms with E-state index in [0.717, 1.165) is 42.7 Å². The van der Waals surface area contributed by atoms with Crippen molar-refractivity contribution in [2.24, 2.45) is 0 Å². The molecule has 0 aliphatic heterocycles. The third-order valence-electron chi connectivity index (χ3n) is 13.1. The Balaban J connectivity index is 1.69. The van der Waals surface area contributed by atoms with Crippen LogP contribution >= 0.6 is 17.0 Å². The van der Waals surface area contributed by atoms with E-state index in [1.54, 1.807) is 0 Å². The van der Waals surface area contributed by atoms with E-state index in [9.17, 15) is 0 Å². The summed E-state index contributed by atoms with van der Waals surface area (Å²) in [4.78, 5) is 0. The van der Waals surface area contributed by atoms with E-state index in [2.05, 4.69) is 137 Å². The zero-order chi connectivity index (χ0) is 37.0. The molecule has 6 rings (SSSR count). The van der Waals surface area contributed by atoms with E-state index < -0.39 is 16.4 Å². The fourth-order valence-corrected chi connectivity index (χ4v) is 27.8. The molecule has 2 aliphatic rings. The van der Waals surface area contributed by atoms with Gasteiger partial charge in [0.05, 0.1) is 0 Å². The van der Waals surface area contributed by atoms with Crippen LogP contribution in [-0.2, 0) is 16.4 Å². The van der Waals surface area contributed by atoms with Crippen LogP contribution in [0.3, 0.4) is 0 Å². The Bertz CT molecular complexity index is 1950. The molecule has 2 aliphatic carbocycles. The molecule has 0 nitrogen and oxygen atoms in total. The van der Waals surface area contributed by atoms with Crippen LogP contribution in [0.4, 0.5) is 0 Å². The van der Waals surface area contributed by atoms with Crippen molar-refractivity contribution in [2.45, 2.75) is 126 Å². The van der Waals surface area contributed by atoms with Crippen molar-refractivity contribution in [3.63, 3.8) is 0 Å². The van der Waals surface area contributed by atoms with E-state index in [1.165, 1.54) is 100 Å². The number of hydrogen-bond donors (Lipinski definition) is 0. The van der Waals surface area contributed by atoms with Gasteiger partial charge in [-0.3, -0.25) is 0 Å². The average Bonchev–Trinajstić information content (AvgIpc) is 3.70. The summed E-state index contributed by atoms with van der Waals surface area (Å²) in [5, 5.41) is 0. The quantitative estimate of drug-likeness (QED) is 0.142. The maximum atomic E-state index is 8.85. The molecule has 2 atom stereocenters. The Morgan fingerprint density at radius 1 is 0.510 bits per heavy atom. The van der Waals surface area contributed by atoms with E-state index in [1.807, 2.05) is 0 Å². The topological polar surface area (TPSA) is 0 Å². The third kappa shape index (κ3) is 6.34. The molecule has 4 aromatic rings. The fourth-order valence-electron chi connectivity index (χ4n) is 9.53. The first-order valence-electron chi connectivity index (χ1n) is 19.6. The maximum absolute atomic E-state index is 8.85. The number of hydrogen-bond acceptors (Lipinski definition) is 0. The molecule has 3 heteroatoms. The van der Waals surface area contributed by atoms with Crippen molar-refractivity contribution in [3.05, 3.63) is 126 Å². The summed E-state index contributed by atoms with van der Waals surface area (Å²) in [5.41, 5.74) is 24.7. The number of rotatable bonds is 11. The molecule has 269 valence electrons. The molecule has 0 bridgehead atoms. The van der Waals surface area contributed by atoms with Gasteiger partial charge >= 0.3 is 320 Å². The van der Waals surface area contributed by atoms with Gasteiger partial charge in [0.25, 0.3) is 0 Å². The molecule has 2 unspecified atom stereocenters. The van der Waals surface area contributed by atoms with Gasteiger partial charge in [-0.15, -0.1) is 0 Å². The van der Waals surface area contributed by atoms with Gasteiger partial charge in [0.1, 0.15) is 0 Å². The van der Waals surface area contributed by atoms with Gasteiger partial charge in [0.15, 0.2) is 0 Å². The van der Waals surface area contributed by atoms with E-state index in [4.69, 9.17) is 17.0 Å². The minimum absolute atomic E-state index is 0.0649. The zero-order valence-corrected chi connectivity index (χ0v) is 37.1. The standard InChI is InChI=1S/2C23H27.C2H5.2ClH.Zr/c2*1-6-7-10-19-13-21-18(5)16(3)12-22(23(21)14-19)20-11-8-9-15(2)17(20)4;1-2;;;/h2*8-9,11-14H,6-7,10H2,1-5H3;1H2,2H3;2*1H;/q;;;;;+2/p-2. The summed E-state index contributed by atoms with van der Waals surface area (Å²) in [6.45, 7) is 25.2. The number of unbranched alkanes of at least 4 members (excludes halogenated alkanes) is 2. The molecule has 0 spiro atoms. The van der Waals surface area contributed by atoms with E-state index in [-0.39, 0.29) is 7.25 Å². The predicted octanol–water partition coefficient (Wildman–Crippen LogP) is 15.9. The molecule has 0 aromatic heterocycles. The average molecular weight is 798 g/mol. The SMILES string of the molecule is CCCCC1=Cc2c(-c3cccc(C)c3C)cc(C)c(C)c2[CH]1[Zr]([Cl])([Cl])([CH2]C)[CH]1C(CCCC)=Cc2c(-c3cccc(C)c3C)cc(C)c(C)c21. The van der Waals surface area contributed by atoms with Crippen molar-refractivity contribution in [2.75, 3.05) is 0 Å². The fraction of sp³-hybridized carbons (Fsp3) is 0.417.